The standard InChI is InChI=1S/C20H23BrN2O4/c1-2-3-13-23(17-9-5-4-6-10-17)20(25)27-18-11-7-8-16(15-18)22-19(24)26-14-12-21/h4-11,15H,2-3,12-14H2,1H3,(H,22,24). The number of carbonyl (C=O) groups excluding carboxylic acids is 2. The van der Waals surface area contributed by atoms with Crippen molar-refractivity contribution < 1.29 is 19.1 Å². The van der Waals surface area contributed by atoms with Gasteiger partial charge in [0.25, 0.3) is 0 Å². The van der Waals surface area contributed by atoms with Crippen LogP contribution in [-0.2, 0) is 4.74 Å². The largest absolute Gasteiger partial charge is 0.448 e. The Bertz CT molecular complexity index is 740. The molecule has 0 aliphatic carbocycles. The van der Waals surface area contributed by atoms with E-state index in [1.807, 2.05) is 30.3 Å². The van der Waals surface area contributed by atoms with E-state index in [9.17, 15) is 9.59 Å². The first-order valence-corrected chi connectivity index (χ1v) is 9.90. The van der Waals surface area contributed by atoms with E-state index in [4.69, 9.17) is 9.47 Å². The molecule has 0 unspecified atom stereocenters. The van der Waals surface area contributed by atoms with Crippen LogP contribution in [0.2, 0.25) is 0 Å². The van der Waals surface area contributed by atoms with Crippen molar-refractivity contribution in [1.29, 1.82) is 0 Å². The second-order valence-corrected chi connectivity index (χ2v) is 6.48. The molecule has 27 heavy (non-hydrogen) atoms. The molecule has 0 saturated heterocycles. The highest BCUT2D eigenvalue weighted by Gasteiger charge is 2.17. The maximum atomic E-state index is 12.7. The molecule has 0 saturated carbocycles. The molecule has 6 nitrogen and oxygen atoms in total. The summed E-state index contributed by atoms with van der Waals surface area (Å²) in [5, 5.41) is 3.16. The van der Waals surface area contributed by atoms with Crippen molar-refractivity contribution in [3.8, 4) is 5.75 Å². The van der Waals surface area contributed by atoms with Gasteiger partial charge in [-0.15, -0.1) is 0 Å². The van der Waals surface area contributed by atoms with Crippen LogP contribution < -0.4 is 15.0 Å². The number of alkyl halides is 1. The number of hydrogen-bond donors (Lipinski definition) is 1. The zero-order chi connectivity index (χ0) is 19.5. The third-order valence-electron chi connectivity index (χ3n) is 3.62. The number of nitrogens with one attached hydrogen (secondary N) is 1. The topological polar surface area (TPSA) is 67.9 Å². The van der Waals surface area contributed by atoms with Crippen LogP contribution in [0.25, 0.3) is 0 Å². The third kappa shape index (κ3) is 6.94. The van der Waals surface area contributed by atoms with Crippen LogP contribution in [0.3, 0.4) is 0 Å². The first kappa shape index (κ1) is 20.8. The minimum Gasteiger partial charge on any atom is -0.448 e. The molecule has 0 aliphatic heterocycles. The van der Waals surface area contributed by atoms with Crippen molar-refractivity contribution in [1.82, 2.24) is 0 Å². The lowest BCUT2D eigenvalue weighted by atomic mass is 10.2. The summed E-state index contributed by atoms with van der Waals surface area (Å²) in [6.45, 7) is 2.90. The molecule has 2 rings (SSSR count). The Hall–Kier alpha value is -2.54. The molecule has 0 atom stereocenters. The van der Waals surface area contributed by atoms with E-state index in [2.05, 4.69) is 28.2 Å². The van der Waals surface area contributed by atoms with Crippen molar-refractivity contribution in [2.45, 2.75) is 19.8 Å². The van der Waals surface area contributed by atoms with Crippen molar-refractivity contribution >= 4 is 39.5 Å². The molecule has 7 heteroatoms. The highest BCUT2D eigenvalue weighted by Crippen LogP contribution is 2.21. The molecule has 0 radical (unpaired) electrons. The first-order chi connectivity index (χ1) is 13.1. The summed E-state index contributed by atoms with van der Waals surface area (Å²) in [4.78, 5) is 25.9. The van der Waals surface area contributed by atoms with Gasteiger partial charge in [-0.05, 0) is 30.7 Å². The molecule has 2 aromatic rings. The number of carbonyl (C=O) groups is 2. The summed E-state index contributed by atoms with van der Waals surface area (Å²) in [6.07, 6.45) is 0.804. The molecule has 0 aliphatic rings. The minimum absolute atomic E-state index is 0.268. The van der Waals surface area contributed by atoms with E-state index in [0.29, 0.717) is 23.3 Å². The fraction of sp³-hybridized carbons (Fsp3) is 0.300. The first-order valence-electron chi connectivity index (χ1n) is 8.78. The summed E-state index contributed by atoms with van der Waals surface area (Å²) < 4.78 is 10.5. The van der Waals surface area contributed by atoms with Gasteiger partial charge < -0.3 is 9.47 Å². The lowest BCUT2D eigenvalue weighted by Crippen LogP contribution is -2.34. The Balaban J connectivity index is 2.06. The Morgan fingerprint density at radius 1 is 1.11 bits per heavy atom. The lowest BCUT2D eigenvalue weighted by molar-refractivity contribution is 0.169. The second kappa shape index (κ2) is 11.2. The summed E-state index contributed by atoms with van der Waals surface area (Å²) >= 11 is 3.19. The second-order valence-electron chi connectivity index (χ2n) is 5.69. The van der Waals surface area contributed by atoms with Gasteiger partial charge in [-0.3, -0.25) is 10.2 Å². The summed E-state index contributed by atoms with van der Waals surface area (Å²) in [7, 11) is 0. The van der Waals surface area contributed by atoms with Crippen molar-refractivity contribution in [2.24, 2.45) is 0 Å². The van der Waals surface area contributed by atoms with Gasteiger partial charge in [-0.25, -0.2) is 9.59 Å². The Labute approximate surface area is 167 Å². The number of anilines is 2. The molecule has 0 heterocycles. The van der Waals surface area contributed by atoms with Crippen molar-refractivity contribution in [3.63, 3.8) is 0 Å². The van der Waals surface area contributed by atoms with Crippen LogP contribution in [0.15, 0.2) is 54.6 Å². The summed E-state index contributed by atoms with van der Waals surface area (Å²) in [5.74, 6) is 0.343. The monoisotopic (exact) mass is 434 g/mol. The van der Waals surface area contributed by atoms with Crippen LogP contribution in [0, 0.1) is 0 Å². The maximum Gasteiger partial charge on any atom is 0.419 e. The highest BCUT2D eigenvalue weighted by atomic mass is 79.9. The summed E-state index contributed by atoms with van der Waals surface area (Å²) in [6, 6.07) is 16.0. The Morgan fingerprint density at radius 3 is 2.59 bits per heavy atom. The van der Waals surface area contributed by atoms with Gasteiger partial charge in [0.05, 0.1) is 0 Å². The van der Waals surface area contributed by atoms with Gasteiger partial charge in [-0.2, -0.15) is 0 Å². The normalized spacial score (nSPS) is 10.1. The molecular weight excluding hydrogens is 412 g/mol. The van der Waals surface area contributed by atoms with E-state index in [1.54, 1.807) is 29.2 Å². The molecule has 144 valence electrons. The van der Waals surface area contributed by atoms with Crippen LogP contribution >= 0.6 is 15.9 Å². The van der Waals surface area contributed by atoms with Crippen LogP contribution in [0.5, 0.6) is 5.75 Å². The van der Waals surface area contributed by atoms with Gasteiger partial charge in [0.2, 0.25) is 0 Å². The fourth-order valence-electron chi connectivity index (χ4n) is 2.33. The molecule has 0 aromatic heterocycles. The van der Waals surface area contributed by atoms with E-state index in [-0.39, 0.29) is 6.61 Å². The number of ether oxygens (including phenoxy) is 2. The Morgan fingerprint density at radius 2 is 1.89 bits per heavy atom. The fourth-order valence-corrected chi connectivity index (χ4v) is 2.49. The average molecular weight is 435 g/mol. The number of rotatable bonds is 8. The predicted molar refractivity (Wildman–Crippen MR) is 110 cm³/mol. The number of unbranched alkanes of at least 4 members (excludes halogenated alkanes) is 1. The van der Waals surface area contributed by atoms with Gasteiger partial charge in [-0.1, -0.05) is 53.5 Å². The molecule has 0 spiro atoms. The SMILES string of the molecule is CCCCN(C(=O)Oc1cccc(NC(=O)OCCBr)c1)c1ccccc1. The van der Waals surface area contributed by atoms with E-state index < -0.39 is 12.2 Å². The smallest absolute Gasteiger partial charge is 0.419 e. The van der Waals surface area contributed by atoms with Gasteiger partial charge >= 0.3 is 12.2 Å². The number of para-hydroxylation sites is 1. The molecule has 2 aromatic carbocycles. The van der Waals surface area contributed by atoms with E-state index >= 15 is 0 Å². The predicted octanol–water partition coefficient (Wildman–Crippen LogP) is 5.44. The summed E-state index contributed by atoms with van der Waals surface area (Å²) in [5.41, 5.74) is 1.27. The molecule has 0 fully saturated rings. The van der Waals surface area contributed by atoms with Crippen molar-refractivity contribution in [3.05, 3.63) is 54.6 Å². The number of hydrogen-bond acceptors (Lipinski definition) is 4. The average Bonchev–Trinajstić information content (AvgIpc) is 2.68. The van der Waals surface area contributed by atoms with Crippen LogP contribution in [0.4, 0.5) is 21.0 Å². The zero-order valence-electron chi connectivity index (χ0n) is 15.2. The number of halogens is 1. The van der Waals surface area contributed by atoms with Gasteiger partial charge in [0.1, 0.15) is 12.4 Å². The maximum absolute atomic E-state index is 12.7. The number of amides is 2. The number of benzene rings is 2. The third-order valence-corrected chi connectivity index (χ3v) is 3.94. The minimum atomic E-state index is -0.563. The quantitative estimate of drug-likeness (QED) is 0.561. The van der Waals surface area contributed by atoms with Crippen molar-refractivity contribution in [2.75, 3.05) is 28.7 Å². The molecule has 0 bridgehead atoms. The zero-order valence-corrected chi connectivity index (χ0v) is 16.8. The molecule has 2 amide bonds. The molecule has 1 N–H and O–H groups in total. The van der Waals surface area contributed by atoms with E-state index in [1.165, 1.54) is 0 Å². The lowest BCUT2D eigenvalue weighted by Gasteiger charge is -2.22. The van der Waals surface area contributed by atoms with Crippen LogP contribution in [0.1, 0.15) is 19.8 Å². The Kier molecular flexibility index (Phi) is 8.64. The number of nitrogens with zero attached hydrogens (tertiary/aromatic N) is 1. The van der Waals surface area contributed by atoms with E-state index in [0.717, 1.165) is 18.5 Å². The van der Waals surface area contributed by atoms with Crippen LogP contribution in [-0.4, -0.2) is 30.7 Å². The van der Waals surface area contributed by atoms with Gasteiger partial charge in [0.15, 0.2) is 0 Å². The molecular formula is C20H23BrN2O4. The van der Waals surface area contributed by atoms with Gasteiger partial charge in [0, 0.05) is 29.3 Å². The highest BCUT2D eigenvalue weighted by molar-refractivity contribution is 9.09.